The van der Waals surface area contributed by atoms with Gasteiger partial charge in [0, 0.05) is 13.0 Å². The van der Waals surface area contributed by atoms with Gasteiger partial charge in [-0.2, -0.15) is 0 Å². The topological polar surface area (TPSA) is 63.7 Å². The Morgan fingerprint density at radius 1 is 1.37 bits per heavy atom. The number of carbonyl (C=O) groups is 1. The first-order valence-electron chi connectivity index (χ1n) is 5.88. The lowest BCUT2D eigenvalue weighted by Gasteiger charge is -2.29. The quantitative estimate of drug-likeness (QED) is 0.796. The minimum absolute atomic E-state index is 0.0899. The molecule has 2 rings (SSSR count). The van der Waals surface area contributed by atoms with Crippen molar-refractivity contribution in [2.75, 3.05) is 6.54 Å². The van der Waals surface area contributed by atoms with Gasteiger partial charge in [-0.25, -0.2) is 17.5 Å². The highest BCUT2D eigenvalue weighted by molar-refractivity contribution is 7.89. The van der Waals surface area contributed by atoms with Crippen molar-refractivity contribution in [3.63, 3.8) is 0 Å². The van der Waals surface area contributed by atoms with Crippen LogP contribution in [0.25, 0.3) is 0 Å². The molecule has 19 heavy (non-hydrogen) atoms. The van der Waals surface area contributed by atoms with E-state index in [4.69, 9.17) is 4.74 Å². The Hall–Kier alpha value is -1.82. The summed E-state index contributed by atoms with van der Waals surface area (Å²) in [6, 6.07) is 6.35. The van der Waals surface area contributed by atoms with E-state index >= 15 is 0 Å². The molecule has 0 saturated carbocycles. The molecule has 0 bridgehead atoms. The molecule has 0 N–H and O–H groups in total. The number of hydrogen-bond donors (Lipinski definition) is 0. The number of aryl methyl sites for hydroxylation is 1. The number of hydrogen-bond acceptors (Lipinski definition) is 4. The molecule has 0 unspecified atom stereocenters. The molecule has 0 aliphatic carbocycles. The van der Waals surface area contributed by atoms with Gasteiger partial charge >= 0.3 is 6.09 Å². The summed E-state index contributed by atoms with van der Waals surface area (Å²) < 4.78 is 30.3. The molecule has 1 aliphatic rings. The molecular formula is C13H15NO4S. The van der Waals surface area contributed by atoms with Gasteiger partial charge in [0.1, 0.15) is 6.10 Å². The van der Waals surface area contributed by atoms with Crippen LogP contribution >= 0.6 is 0 Å². The second kappa shape index (κ2) is 5.05. The maximum Gasteiger partial charge on any atom is 0.424 e. The van der Waals surface area contributed by atoms with Crippen LogP contribution in [0.3, 0.4) is 0 Å². The SMILES string of the molecule is C=C[C@H]1CCN(S(=O)(=O)c2ccc(C)cc2)C(=O)O1. The predicted molar refractivity (Wildman–Crippen MR) is 70.2 cm³/mol. The molecule has 1 aromatic rings. The van der Waals surface area contributed by atoms with Crippen molar-refractivity contribution >= 4 is 16.1 Å². The summed E-state index contributed by atoms with van der Waals surface area (Å²) in [5.74, 6) is 0. The molecule has 1 aromatic carbocycles. The van der Waals surface area contributed by atoms with E-state index in [-0.39, 0.29) is 11.4 Å². The largest absolute Gasteiger partial charge is 0.441 e. The smallest absolute Gasteiger partial charge is 0.424 e. The van der Waals surface area contributed by atoms with Crippen molar-refractivity contribution in [2.45, 2.75) is 24.3 Å². The fourth-order valence-corrected chi connectivity index (χ4v) is 3.12. The molecular weight excluding hydrogens is 266 g/mol. The van der Waals surface area contributed by atoms with E-state index in [1.165, 1.54) is 18.2 Å². The van der Waals surface area contributed by atoms with Crippen molar-refractivity contribution in [3.05, 3.63) is 42.5 Å². The molecule has 1 aliphatic heterocycles. The van der Waals surface area contributed by atoms with E-state index in [0.717, 1.165) is 9.87 Å². The van der Waals surface area contributed by atoms with Crippen LogP contribution in [0.15, 0.2) is 41.8 Å². The summed E-state index contributed by atoms with van der Waals surface area (Å²) in [4.78, 5) is 11.8. The van der Waals surface area contributed by atoms with Gasteiger partial charge in [0.25, 0.3) is 10.0 Å². The van der Waals surface area contributed by atoms with Gasteiger partial charge in [0.2, 0.25) is 0 Å². The maximum absolute atomic E-state index is 12.3. The Kier molecular flexibility index (Phi) is 3.61. The molecule has 1 heterocycles. The second-order valence-corrected chi connectivity index (χ2v) is 6.20. The van der Waals surface area contributed by atoms with Crippen LogP contribution < -0.4 is 0 Å². The third-order valence-electron chi connectivity index (χ3n) is 2.94. The highest BCUT2D eigenvalue weighted by Crippen LogP contribution is 2.22. The second-order valence-electron chi connectivity index (χ2n) is 4.34. The summed E-state index contributed by atoms with van der Waals surface area (Å²) in [5.41, 5.74) is 0.951. The number of carbonyl (C=O) groups excluding carboxylic acids is 1. The van der Waals surface area contributed by atoms with Crippen molar-refractivity contribution in [1.82, 2.24) is 4.31 Å². The van der Waals surface area contributed by atoms with Crippen LogP contribution in [-0.4, -0.2) is 31.5 Å². The number of benzene rings is 1. The minimum atomic E-state index is -3.84. The molecule has 0 spiro atoms. The molecule has 6 heteroatoms. The van der Waals surface area contributed by atoms with Crippen LogP contribution in [0.4, 0.5) is 4.79 Å². The summed E-state index contributed by atoms with van der Waals surface area (Å²) in [7, 11) is -3.84. The van der Waals surface area contributed by atoms with E-state index in [1.54, 1.807) is 12.1 Å². The van der Waals surface area contributed by atoms with E-state index in [0.29, 0.717) is 6.42 Å². The van der Waals surface area contributed by atoms with E-state index in [1.807, 2.05) is 6.92 Å². The Labute approximate surface area is 112 Å². The highest BCUT2D eigenvalue weighted by atomic mass is 32.2. The number of cyclic esters (lactones) is 1. The zero-order valence-electron chi connectivity index (χ0n) is 10.6. The van der Waals surface area contributed by atoms with E-state index in [9.17, 15) is 13.2 Å². The normalized spacial score (nSPS) is 19.9. The molecule has 5 nitrogen and oxygen atoms in total. The van der Waals surface area contributed by atoms with Gasteiger partial charge in [0.15, 0.2) is 0 Å². The number of nitrogens with zero attached hydrogens (tertiary/aromatic N) is 1. The fraction of sp³-hybridized carbons (Fsp3) is 0.308. The molecule has 1 amide bonds. The maximum atomic E-state index is 12.3. The minimum Gasteiger partial charge on any atom is -0.441 e. The van der Waals surface area contributed by atoms with Crippen LogP contribution in [0, 0.1) is 6.92 Å². The molecule has 1 fully saturated rings. The average Bonchev–Trinajstić information content (AvgIpc) is 2.38. The summed E-state index contributed by atoms with van der Waals surface area (Å²) in [6.07, 6.45) is 0.641. The Morgan fingerprint density at radius 2 is 2.00 bits per heavy atom. The van der Waals surface area contributed by atoms with Crippen LogP contribution in [0.2, 0.25) is 0 Å². The van der Waals surface area contributed by atoms with Crippen molar-refractivity contribution in [1.29, 1.82) is 0 Å². The molecule has 0 aromatic heterocycles. The molecule has 102 valence electrons. The van der Waals surface area contributed by atoms with Gasteiger partial charge in [-0.15, -0.1) is 0 Å². The van der Waals surface area contributed by atoms with Crippen LogP contribution in [0.1, 0.15) is 12.0 Å². The Bertz CT molecular complexity index is 592. The first-order valence-corrected chi connectivity index (χ1v) is 7.32. The van der Waals surface area contributed by atoms with Crippen molar-refractivity contribution < 1.29 is 17.9 Å². The summed E-state index contributed by atoms with van der Waals surface area (Å²) in [5, 5.41) is 0. The Balaban J connectivity index is 2.28. The van der Waals surface area contributed by atoms with Gasteiger partial charge in [-0.05, 0) is 19.1 Å². The molecule has 1 saturated heterocycles. The number of rotatable bonds is 3. The number of ether oxygens (including phenoxy) is 1. The first-order chi connectivity index (χ1) is 8.95. The lowest BCUT2D eigenvalue weighted by Crippen LogP contribution is -2.44. The van der Waals surface area contributed by atoms with Crippen molar-refractivity contribution in [3.8, 4) is 0 Å². The van der Waals surface area contributed by atoms with Crippen molar-refractivity contribution in [2.24, 2.45) is 0 Å². The zero-order valence-corrected chi connectivity index (χ0v) is 11.4. The van der Waals surface area contributed by atoms with Crippen LogP contribution in [0.5, 0.6) is 0 Å². The van der Waals surface area contributed by atoms with Gasteiger partial charge < -0.3 is 4.74 Å². The lowest BCUT2D eigenvalue weighted by atomic mass is 10.2. The Morgan fingerprint density at radius 3 is 2.53 bits per heavy atom. The van der Waals surface area contributed by atoms with Gasteiger partial charge in [-0.1, -0.05) is 30.4 Å². The van der Waals surface area contributed by atoms with Gasteiger partial charge in [-0.3, -0.25) is 0 Å². The van der Waals surface area contributed by atoms with E-state index < -0.39 is 22.2 Å². The number of amides is 1. The zero-order chi connectivity index (χ0) is 14.0. The third-order valence-corrected chi connectivity index (χ3v) is 4.72. The average molecular weight is 281 g/mol. The molecule has 1 atom stereocenters. The van der Waals surface area contributed by atoms with Gasteiger partial charge in [0.05, 0.1) is 4.90 Å². The molecule has 0 radical (unpaired) electrons. The van der Waals surface area contributed by atoms with E-state index in [2.05, 4.69) is 6.58 Å². The number of sulfonamides is 1. The third kappa shape index (κ3) is 2.63. The standard InChI is InChI=1S/C13H15NO4S/c1-3-11-8-9-14(13(15)18-11)19(16,17)12-6-4-10(2)5-7-12/h3-7,11H,1,8-9H2,2H3/t11-/m0/s1. The first kappa shape index (κ1) is 13.6. The summed E-state index contributed by atoms with van der Waals surface area (Å²) in [6.45, 7) is 5.49. The lowest BCUT2D eigenvalue weighted by molar-refractivity contribution is 0.0708. The summed E-state index contributed by atoms with van der Waals surface area (Å²) >= 11 is 0. The fourth-order valence-electron chi connectivity index (χ4n) is 1.80. The van der Waals surface area contributed by atoms with Crippen LogP contribution in [-0.2, 0) is 14.8 Å². The highest BCUT2D eigenvalue weighted by Gasteiger charge is 2.35. The monoisotopic (exact) mass is 281 g/mol. The predicted octanol–water partition coefficient (Wildman–Crippen LogP) is 2.08.